The molecule has 0 radical (unpaired) electrons. The van der Waals surface area contributed by atoms with Gasteiger partial charge in [-0.25, -0.2) is 0 Å². The number of alkyl halides is 2. The third-order valence-electron chi connectivity index (χ3n) is 1.98. The van der Waals surface area contributed by atoms with Crippen molar-refractivity contribution < 1.29 is 13.9 Å². The van der Waals surface area contributed by atoms with Crippen molar-refractivity contribution in [1.29, 1.82) is 0 Å². The van der Waals surface area contributed by atoms with Crippen LogP contribution in [0.15, 0.2) is 0 Å². The van der Waals surface area contributed by atoms with Crippen LogP contribution in [0, 0.1) is 13.8 Å². The van der Waals surface area contributed by atoms with Gasteiger partial charge in [-0.3, -0.25) is 0 Å². The summed E-state index contributed by atoms with van der Waals surface area (Å²) in [5, 5.41) is 15.1. The highest BCUT2D eigenvalue weighted by molar-refractivity contribution is 6.30. The van der Waals surface area contributed by atoms with Gasteiger partial charge >= 0.3 is 0 Å². The van der Waals surface area contributed by atoms with E-state index in [0.717, 1.165) is 0 Å². The lowest BCUT2D eigenvalue weighted by molar-refractivity contribution is -0.0564. The first-order valence-electron chi connectivity index (χ1n) is 3.88. The number of aliphatic hydroxyl groups excluding tert-OH is 1. The largest absolute Gasteiger partial charge is 0.390 e. The minimum atomic E-state index is -3.37. The van der Waals surface area contributed by atoms with Crippen LogP contribution in [0.4, 0.5) is 8.78 Å². The monoisotopic (exact) mass is 222 g/mol. The summed E-state index contributed by atoms with van der Waals surface area (Å²) in [5.41, 5.74) is 0.177. The molecule has 14 heavy (non-hydrogen) atoms. The number of aliphatic hydroxyl groups is 1. The van der Waals surface area contributed by atoms with Crippen LogP contribution in [0.1, 0.15) is 16.8 Å². The Balaban J connectivity index is 3.40. The molecule has 6 heteroatoms. The number of rotatable bonds is 2. The second kappa shape index (κ2) is 3.74. The highest BCUT2D eigenvalue weighted by Gasteiger charge is 2.36. The molecule has 0 atom stereocenters. The SMILES string of the molecule is Cc1nnc(Cl)c(C(F)(F)CO)c1C. The quantitative estimate of drug-likeness (QED) is 0.831. The van der Waals surface area contributed by atoms with Gasteiger partial charge in [0.05, 0.1) is 11.3 Å². The van der Waals surface area contributed by atoms with Crippen LogP contribution < -0.4 is 0 Å². The maximum atomic E-state index is 13.2. The van der Waals surface area contributed by atoms with Gasteiger partial charge < -0.3 is 5.11 Å². The Morgan fingerprint density at radius 1 is 1.36 bits per heavy atom. The Morgan fingerprint density at radius 2 is 1.93 bits per heavy atom. The highest BCUT2D eigenvalue weighted by Crippen LogP contribution is 2.34. The molecule has 0 fully saturated rings. The molecule has 0 saturated heterocycles. The molecule has 0 amide bonds. The lowest BCUT2D eigenvalue weighted by Gasteiger charge is -2.17. The predicted molar refractivity (Wildman–Crippen MR) is 47.5 cm³/mol. The summed E-state index contributed by atoms with van der Waals surface area (Å²) < 4.78 is 26.4. The molecule has 1 aromatic heterocycles. The van der Waals surface area contributed by atoms with Crippen LogP contribution in [-0.2, 0) is 5.92 Å². The molecular formula is C8H9ClF2N2O. The van der Waals surface area contributed by atoms with Crippen molar-refractivity contribution in [2.75, 3.05) is 6.61 Å². The Labute approximate surface area is 84.7 Å². The van der Waals surface area contributed by atoms with E-state index in [1.807, 2.05) is 0 Å². The van der Waals surface area contributed by atoms with E-state index < -0.39 is 18.1 Å². The Bertz CT molecular complexity index is 357. The number of nitrogens with zero attached hydrogens (tertiary/aromatic N) is 2. The summed E-state index contributed by atoms with van der Waals surface area (Å²) in [4.78, 5) is 0. The van der Waals surface area contributed by atoms with Crippen molar-refractivity contribution in [2.45, 2.75) is 19.8 Å². The van der Waals surface area contributed by atoms with Crippen LogP contribution >= 0.6 is 11.6 Å². The second-order valence-corrected chi connectivity index (χ2v) is 3.30. The Morgan fingerprint density at radius 3 is 2.43 bits per heavy atom. The van der Waals surface area contributed by atoms with Gasteiger partial charge in [-0.05, 0) is 19.4 Å². The van der Waals surface area contributed by atoms with Crippen molar-refractivity contribution in [1.82, 2.24) is 10.2 Å². The van der Waals surface area contributed by atoms with E-state index in [0.29, 0.717) is 5.69 Å². The van der Waals surface area contributed by atoms with Gasteiger partial charge in [0.2, 0.25) is 0 Å². The minimum Gasteiger partial charge on any atom is -0.390 e. The van der Waals surface area contributed by atoms with E-state index in [4.69, 9.17) is 16.7 Å². The number of aryl methyl sites for hydroxylation is 1. The molecule has 78 valence electrons. The molecule has 1 aromatic rings. The molecule has 0 bridgehead atoms. The molecule has 0 aromatic carbocycles. The van der Waals surface area contributed by atoms with Crippen molar-refractivity contribution >= 4 is 11.6 Å². The van der Waals surface area contributed by atoms with Crippen molar-refractivity contribution in [3.63, 3.8) is 0 Å². The molecule has 0 spiro atoms. The average Bonchev–Trinajstić information content (AvgIpc) is 2.12. The fourth-order valence-corrected chi connectivity index (χ4v) is 1.40. The summed E-state index contributed by atoms with van der Waals surface area (Å²) in [6, 6.07) is 0. The number of hydrogen-bond acceptors (Lipinski definition) is 3. The normalized spacial score (nSPS) is 11.9. The predicted octanol–water partition coefficient (Wildman–Crippen LogP) is 1.83. The summed E-state index contributed by atoms with van der Waals surface area (Å²) in [6.45, 7) is 1.73. The van der Waals surface area contributed by atoms with Crippen LogP contribution in [0.5, 0.6) is 0 Å². The van der Waals surface area contributed by atoms with E-state index in [1.54, 1.807) is 6.92 Å². The zero-order valence-corrected chi connectivity index (χ0v) is 8.44. The Kier molecular flexibility index (Phi) is 3.01. The van der Waals surface area contributed by atoms with Gasteiger partial charge in [0.25, 0.3) is 5.92 Å². The van der Waals surface area contributed by atoms with Gasteiger partial charge in [0.1, 0.15) is 6.61 Å². The van der Waals surface area contributed by atoms with Gasteiger partial charge in [-0.15, -0.1) is 5.10 Å². The minimum absolute atomic E-state index is 0.254. The first-order valence-corrected chi connectivity index (χ1v) is 4.26. The first-order chi connectivity index (χ1) is 6.40. The molecule has 0 saturated carbocycles. The van der Waals surface area contributed by atoms with Crippen molar-refractivity contribution in [2.24, 2.45) is 0 Å². The van der Waals surface area contributed by atoms with Crippen molar-refractivity contribution in [3.05, 3.63) is 22.0 Å². The summed E-state index contributed by atoms with van der Waals surface area (Å²) in [6.07, 6.45) is 0. The third-order valence-corrected chi connectivity index (χ3v) is 2.24. The molecule has 3 nitrogen and oxygen atoms in total. The van der Waals surface area contributed by atoms with E-state index in [1.165, 1.54) is 6.92 Å². The number of aromatic nitrogens is 2. The zero-order valence-electron chi connectivity index (χ0n) is 7.68. The van der Waals surface area contributed by atoms with Gasteiger partial charge in [0.15, 0.2) is 5.15 Å². The second-order valence-electron chi connectivity index (χ2n) is 2.94. The van der Waals surface area contributed by atoms with E-state index in [2.05, 4.69) is 10.2 Å². The van der Waals surface area contributed by atoms with E-state index >= 15 is 0 Å². The lowest BCUT2D eigenvalue weighted by atomic mass is 10.0. The topological polar surface area (TPSA) is 46.0 Å². The molecule has 0 aliphatic heterocycles. The van der Waals surface area contributed by atoms with Gasteiger partial charge in [-0.2, -0.15) is 13.9 Å². The summed E-state index contributed by atoms with van der Waals surface area (Å²) >= 11 is 5.50. The van der Waals surface area contributed by atoms with Crippen LogP contribution in [0.25, 0.3) is 0 Å². The summed E-state index contributed by atoms with van der Waals surface area (Å²) in [7, 11) is 0. The molecule has 0 unspecified atom stereocenters. The van der Waals surface area contributed by atoms with E-state index in [9.17, 15) is 8.78 Å². The summed E-state index contributed by atoms with van der Waals surface area (Å²) in [5.74, 6) is -3.37. The lowest BCUT2D eigenvalue weighted by Crippen LogP contribution is -2.22. The third kappa shape index (κ3) is 1.83. The van der Waals surface area contributed by atoms with Gasteiger partial charge in [-0.1, -0.05) is 11.6 Å². The Hall–Kier alpha value is -0.810. The van der Waals surface area contributed by atoms with Gasteiger partial charge in [0, 0.05) is 0 Å². The average molecular weight is 223 g/mol. The number of hydrogen-bond donors (Lipinski definition) is 1. The molecular weight excluding hydrogens is 214 g/mol. The zero-order chi connectivity index (χ0) is 10.9. The fourth-order valence-electron chi connectivity index (χ4n) is 1.08. The number of halogens is 3. The standard InChI is InChI=1S/C8H9ClF2N2O/c1-4-5(2)12-13-7(9)6(4)8(10,11)3-14/h14H,3H2,1-2H3. The molecule has 1 rings (SSSR count). The van der Waals surface area contributed by atoms with Crippen LogP contribution in [-0.4, -0.2) is 21.9 Å². The van der Waals surface area contributed by atoms with Crippen LogP contribution in [0.2, 0.25) is 5.15 Å². The smallest absolute Gasteiger partial charge is 0.299 e. The maximum absolute atomic E-state index is 13.2. The molecule has 1 N–H and O–H groups in total. The molecule has 0 aliphatic rings. The van der Waals surface area contributed by atoms with Crippen molar-refractivity contribution in [3.8, 4) is 0 Å². The fraction of sp³-hybridized carbons (Fsp3) is 0.500. The van der Waals surface area contributed by atoms with Crippen LogP contribution in [0.3, 0.4) is 0 Å². The molecule has 1 heterocycles. The van der Waals surface area contributed by atoms with E-state index in [-0.39, 0.29) is 10.7 Å². The highest BCUT2D eigenvalue weighted by atomic mass is 35.5. The first kappa shape index (κ1) is 11.3. The molecule has 0 aliphatic carbocycles. The maximum Gasteiger partial charge on any atom is 0.299 e.